The molecule has 1 unspecified atom stereocenters. The number of rotatable bonds is 5. The van der Waals surface area contributed by atoms with Gasteiger partial charge in [0.05, 0.1) is 30.5 Å². The highest BCUT2D eigenvalue weighted by atomic mass is 32.2. The molecule has 2 aliphatic heterocycles. The maximum atomic E-state index is 11.6. The lowest BCUT2D eigenvalue weighted by Crippen LogP contribution is -2.48. The number of nitrogens with one attached hydrogen (secondary N) is 1. The molecule has 0 aromatic heterocycles. The Morgan fingerprint density at radius 3 is 2.72 bits per heavy atom. The van der Waals surface area contributed by atoms with Gasteiger partial charge in [-0.05, 0) is 6.42 Å². The highest BCUT2D eigenvalue weighted by molar-refractivity contribution is 8.02. The van der Waals surface area contributed by atoms with Crippen LogP contribution in [0.3, 0.4) is 0 Å². The second kappa shape index (κ2) is 5.38. The van der Waals surface area contributed by atoms with Gasteiger partial charge in [0, 0.05) is 17.2 Å². The molecule has 1 N–H and O–H groups in total. The average Bonchev–Trinajstić information content (AvgIpc) is 2.61. The minimum Gasteiger partial charge on any atom is -0.380 e. The second-order valence-corrected chi connectivity index (χ2v) is 8.93. The maximum Gasteiger partial charge on any atom is 0.230 e. The molecule has 104 valence electrons. The summed E-state index contributed by atoms with van der Waals surface area (Å²) in [7, 11) is -2.84. The van der Waals surface area contributed by atoms with Gasteiger partial charge in [0.2, 0.25) is 5.91 Å². The van der Waals surface area contributed by atoms with Crippen LogP contribution in [-0.2, 0) is 19.4 Å². The fraction of sp³-hybridized carbons (Fsp3) is 0.909. The summed E-state index contributed by atoms with van der Waals surface area (Å²) in [5.74, 6) is 0.812. The Morgan fingerprint density at radius 2 is 2.22 bits per heavy atom. The highest BCUT2D eigenvalue weighted by Crippen LogP contribution is 2.26. The first-order chi connectivity index (χ1) is 8.39. The van der Waals surface area contributed by atoms with E-state index in [9.17, 15) is 13.2 Å². The molecule has 1 atom stereocenters. The van der Waals surface area contributed by atoms with E-state index in [0.29, 0.717) is 31.9 Å². The number of amides is 1. The van der Waals surface area contributed by atoms with Crippen molar-refractivity contribution >= 4 is 27.5 Å². The maximum absolute atomic E-state index is 11.6. The minimum atomic E-state index is -2.84. The van der Waals surface area contributed by atoms with Crippen molar-refractivity contribution in [1.29, 1.82) is 0 Å². The molecule has 0 spiro atoms. The molecular formula is C11H19NO4S2. The molecule has 0 bridgehead atoms. The van der Waals surface area contributed by atoms with Crippen molar-refractivity contribution in [3.8, 4) is 0 Å². The molecular weight excluding hydrogens is 274 g/mol. The molecule has 5 nitrogen and oxygen atoms in total. The first kappa shape index (κ1) is 14.1. The van der Waals surface area contributed by atoms with E-state index in [-0.39, 0.29) is 28.1 Å². The predicted octanol–water partition coefficient (Wildman–Crippen LogP) is 0.0594. The Kier molecular flexibility index (Phi) is 4.23. The van der Waals surface area contributed by atoms with E-state index in [4.69, 9.17) is 4.74 Å². The number of carbonyl (C=O) groups is 1. The minimum absolute atomic E-state index is 0.0163. The van der Waals surface area contributed by atoms with Gasteiger partial charge in [-0.25, -0.2) is 8.42 Å². The molecule has 2 saturated heterocycles. The van der Waals surface area contributed by atoms with Gasteiger partial charge < -0.3 is 10.1 Å². The van der Waals surface area contributed by atoms with Crippen LogP contribution in [0, 0.1) is 5.41 Å². The molecule has 0 aliphatic carbocycles. The Labute approximate surface area is 112 Å². The van der Waals surface area contributed by atoms with Gasteiger partial charge in [-0.3, -0.25) is 4.79 Å². The third kappa shape index (κ3) is 3.86. The molecule has 2 fully saturated rings. The second-order valence-electron chi connectivity index (χ2n) is 5.42. The molecule has 0 aromatic rings. The van der Waals surface area contributed by atoms with Gasteiger partial charge >= 0.3 is 0 Å². The smallest absolute Gasteiger partial charge is 0.230 e. The van der Waals surface area contributed by atoms with Crippen molar-refractivity contribution in [2.45, 2.75) is 18.6 Å². The van der Waals surface area contributed by atoms with E-state index in [1.165, 1.54) is 11.8 Å². The lowest BCUT2D eigenvalue weighted by molar-refractivity contribution is -0.124. The van der Waals surface area contributed by atoms with E-state index >= 15 is 0 Å². The standard InChI is InChI=1S/C11H19NO4S2/c1-11(7-16-8-11)6-12-10(13)4-17-9-2-3-18(14,15)5-9/h9H,2-8H2,1H3,(H,12,13). The largest absolute Gasteiger partial charge is 0.380 e. The lowest BCUT2D eigenvalue weighted by Gasteiger charge is -2.38. The van der Waals surface area contributed by atoms with Crippen LogP contribution in [0.2, 0.25) is 0 Å². The first-order valence-corrected chi connectivity index (χ1v) is 8.92. The van der Waals surface area contributed by atoms with Gasteiger partial charge in [-0.2, -0.15) is 0 Å². The van der Waals surface area contributed by atoms with Crippen LogP contribution in [0.15, 0.2) is 0 Å². The number of thioether (sulfide) groups is 1. The van der Waals surface area contributed by atoms with Crippen LogP contribution >= 0.6 is 11.8 Å². The Balaban J connectivity index is 1.63. The molecule has 0 saturated carbocycles. The molecule has 7 heteroatoms. The van der Waals surface area contributed by atoms with Crippen LogP contribution in [0.1, 0.15) is 13.3 Å². The number of hydrogen-bond acceptors (Lipinski definition) is 5. The fourth-order valence-electron chi connectivity index (χ4n) is 2.00. The Bertz CT molecular complexity index is 417. The van der Waals surface area contributed by atoms with Crippen LogP contribution < -0.4 is 5.32 Å². The third-order valence-corrected chi connectivity index (χ3v) is 6.54. The number of carbonyl (C=O) groups excluding carboxylic acids is 1. The summed E-state index contributed by atoms with van der Waals surface area (Å²) in [6.45, 7) is 4.10. The van der Waals surface area contributed by atoms with Crippen molar-refractivity contribution in [1.82, 2.24) is 5.32 Å². The van der Waals surface area contributed by atoms with Crippen LogP contribution in [-0.4, -0.2) is 56.6 Å². The van der Waals surface area contributed by atoms with Gasteiger partial charge in [-0.15, -0.1) is 11.8 Å². The fourth-order valence-corrected chi connectivity index (χ4v) is 5.47. The molecule has 0 aromatic carbocycles. The van der Waals surface area contributed by atoms with Gasteiger partial charge in [-0.1, -0.05) is 6.92 Å². The molecule has 2 rings (SSSR count). The van der Waals surface area contributed by atoms with Crippen molar-refractivity contribution in [3.63, 3.8) is 0 Å². The van der Waals surface area contributed by atoms with Crippen molar-refractivity contribution < 1.29 is 17.9 Å². The van der Waals surface area contributed by atoms with E-state index < -0.39 is 9.84 Å². The SMILES string of the molecule is CC1(CNC(=O)CSC2CCS(=O)(=O)C2)COC1. The molecule has 0 radical (unpaired) electrons. The monoisotopic (exact) mass is 293 g/mol. The summed E-state index contributed by atoms with van der Waals surface area (Å²) in [5, 5.41) is 2.97. The summed E-state index contributed by atoms with van der Waals surface area (Å²) in [6, 6.07) is 0. The number of hydrogen-bond donors (Lipinski definition) is 1. The molecule has 18 heavy (non-hydrogen) atoms. The number of sulfone groups is 1. The predicted molar refractivity (Wildman–Crippen MR) is 71.5 cm³/mol. The van der Waals surface area contributed by atoms with Gasteiger partial charge in [0.1, 0.15) is 0 Å². The number of ether oxygens (including phenoxy) is 1. The van der Waals surface area contributed by atoms with Gasteiger partial charge in [0.25, 0.3) is 0 Å². The average molecular weight is 293 g/mol. The van der Waals surface area contributed by atoms with E-state index in [1.54, 1.807) is 0 Å². The van der Waals surface area contributed by atoms with E-state index in [2.05, 4.69) is 12.2 Å². The summed E-state index contributed by atoms with van der Waals surface area (Å²) < 4.78 is 27.6. The Hall–Kier alpha value is -0.270. The van der Waals surface area contributed by atoms with Crippen molar-refractivity contribution in [3.05, 3.63) is 0 Å². The van der Waals surface area contributed by atoms with E-state index in [1.807, 2.05) is 0 Å². The van der Waals surface area contributed by atoms with Crippen LogP contribution in [0.5, 0.6) is 0 Å². The zero-order chi connectivity index (χ0) is 13.2. The third-order valence-electron chi connectivity index (χ3n) is 3.25. The van der Waals surface area contributed by atoms with Crippen LogP contribution in [0.25, 0.3) is 0 Å². The van der Waals surface area contributed by atoms with Gasteiger partial charge in [0.15, 0.2) is 9.84 Å². The quantitative estimate of drug-likeness (QED) is 0.776. The Morgan fingerprint density at radius 1 is 1.50 bits per heavy atom. The summed E-state index contributed by atoms with van der Waals surface area (Å²) >= 11 is 1.45. The lowest BCUT2D eigenvalue weighted by atomic mass is 9.89. The topological polar surface area (TPSA) is 72.5 Å². The zero-order valence-electron chi connectivity index (χ0n) is 10.5. The van der Waals surface area contributed by atoms with Crippen molar-refractivity contribution in [2.24, 2.45) is 5.41 Å². The molecule has 1 amide bonds. The van der Waals surface area contributed by atoms with Crippen LogP contribution in [0.4, 0.5) is 0 Å². The zero-order valence-corrected chi connectivity index (χ0v) is 12.1. The molecule has 2 heterocycles. The van der Waals surface area contributed by atoms with E-state index in [0.717, 1.165) is 0 Å². The summed E-state index contributed by atoms with van der Waals surface area (Å²) in [6.07, 6.45) is 0.672. The first-order valence-electron chi connectivity index (χ1n) is 6.05. The normalized spacial score (nSPS) is 28.6. The molecule has 2 aliphatic rings. The summed E-state index contributed by atoms with van der Waals surface area (Å²) in [5.41, 5.74) is 0.0804. The summed E-state index contributed by atoms with van der Waals surface area (Å²) in [4.78, 5) is 11.6. The van der Waals surface area contributed by atoms with Crippen molar-refractivity contribution in [2.75, 3.05) is 37.0 Å². The highest BCUT2D eigenvalue weighted by Gasteiger charge is 2.33.